The molecule has 2 fully saturated rings. The number of likely N-dealkylation sites (N-methyl/N-ethyl adjacent to an activating group) is 1. The Kier molecular flexibility index (Phi) is 9.45. The largest absolute Gasteiger partial charge is 0.494 e. The SMILES string of the molecule is C=CC(=O)Nc1cc(Nc2cc(N3OCC[C@@H]3c3cccc(Oc4cc(F)ccc4F)c3)ncn2)c(OC)cc1N1CCN(C)CC1. The number of methoxy groups -OCH3 is 1. The van der Waals surface area contributed by atoms with E-state index >= 15 is 0 Å². The van der Waals surface area contributed by atoms with Crippen molar-refractivity contribution >= 4 is 34.6 Å². The summed E-state index contributed by atoms with van der Waals surface area (Å²) in [5.41, 5.74) is 2.88. The molecule has 3 aromatic carbocycles. The van der Waals surface area contributed by atoms with Crippen LogP contribution in [0.2, 0.25) is 0 Å². The molecular weight excluding hydrogens is 608 g/mol. The molecule has 0 saturated carbocycles. The number of carbonyl (C=O) groups excluding carboxylic acids is 1. The minimum Gasteiger partial charge on any atom is -0.494 e. The first-order valence-corrected chi connectivity index (χ1v) is 15.1. The second-order valence-corrected chi connectivity index (χ2v) is 11.2. The summed E-state index contributed by atoms with van der Waals surface area (Å²) in [5, 5.41) is 7.93. The van der Waals surface area contributed by atoms with Crippen LogP contribution in [0, 0.1) is 11.6 Å². The average molecular weight is 644 g/mol. The number of ether oxygens (including phenoxy) is 2. The van der Waals surface area contributed by atoms with Gasteiger partial charge in [-0.05, 0) is 49.0 Å². The predicted molar refractivity (Wildman–Crippen MR) is 176 cm³/mol. The molecule has 0 bridgehead atoms. The lowest BCUT2D eigenvalue weighted by atomic mass is 10.0. The highest BCUT2D eigenvalue weighted by molar-refractivity contribution is 6.02. The average Bonchev–Trinajstić information content (AvgIpc) is 3.58. The number of hydrogen-bond acceptors (Lipinski definition) is 10. The van der Waals surface area contributed by atoms with Crippen molar-refractivity contribution in [2.45, 2.75) is 12.5 Å². The zero-order valence-electron chi connectivity index (χ0n) is 26.1. The van der Waals surface area contributed by atoms with Crippen LogP contribution in [0.5, 0.6) is 17.2 Å². The molecule has 11 nitrogen and oxygen atoms in total. The van der Waals surface area contributed by atoms with E-state index in [9.17, 15) is 13.6 Å². The zero-order chi connectivity index (χ0) is 32.9. The van der Waals surface area contributed by atoms with Crippen molar-refractivity contribution in [2.24, 2.45) is 0 Å². The summed E-state index contributed by atoms with van der Waals surface area (Å²) < 4.78 is 39.4. The second-order valence-electron chi connectivity index (χ2n) is 11.2. The van der Waals surface area contributed by atoms with Gasteiger partial charge < -0.3 is 29.9 Å². The fourth-order valence-electron chi connectivity index (χ4n) is 5.57. The highest BCUT2D eigenvalue weighted by Crippen LogP contribution is 2.40. The van der Waals surface area contributed by atoms with Gasteiger partial charge in [-0.3, -0.25) is 9.63 Å². The first-order valence-electron chi connectivity index (χ1n) is 15.1. The van der Waals surface area contributed by atoms with Gasteiger partial charge in [0.05, 0.1) is 36.8 Å². The van der Waals surface area contributed by atoms with Gasteiger partial charge in [-0.2, -0.15) is 0 Å². The monoisotopic (exact) mass is 643 g/mol. The summed E-state index contributed by atoms with van der Waals surface area (Å²) in [5.74, 6) is 0.107. The van der Waals surface area contributed by atoms with Crippen molar-refractivity contribution in [2.75, 3.05) is 67.5 Å². The van der Waals surface area contributed by atoms with Crippen LogP contribution < -0.4 is 30.1 Å². The summed E-state index contributed by atoms with van der Waals surface area (Å²) in [4.78, 5) is 31.7. The Hall–Kier alpha value is -5.27. The van der Waals surface area contributed by atoms with E-state index in [2.05, 4.69) is 44.0 Å². The first-order chi connectivity index (χ1) is 22.8. The molecule has 0 unspecified atom stereocenters. The van der Waals surface area contributed by atoms with Gasteiger partial charge in [-0.1, -0.05) is 18.7 Å². The third kappa shape index (κ3) is 7.26. The van der Waals surface area contributed by atoms with Crippen LogP contribution in [0.15, 0.2) is 79.6 Å². The molecule has 2 aliphatic rings. The van der Waals surface area contributed by atoms with Crippen LogP contribution in [0.25, 0.3) is 0 Å². The van der Waals surface area contributed by atoms with Gasteiger partial charge in [-0.25, -0.2) is 23.8 Å². The van der Waals surface area contributed by atoms with Crippen LogP contribution in [0.4, 0.5) is 37.5 Å². The third-order valence-electron chi connectivity index (χ3n) is 8.01. The van der Waals surface area contributed by atoms with Crippen LogP contribution in [-0.4, -0.2) is 67.7 Å². The quantitative estimate of drug-likeness (QED) is 0.198. The maximum absolute atomic E-state index is 14.2. The van der Waals surface area contributed by atoms with E-state index in [0.717, 1.165) is 55.6 Å². The Bertz CT molecular complexity index is 1770. The number of halogens is 2. The van der Waals surface area contributed by atoms with Crippen molar-refractivity contribution in [1.82, 2.24) is 14.9 Å². The Morgan fingerprint density at radius 3 is 2.64 bits per heavy atom. The summed E-state index contributed by atoms with van der Waals surface area (Å²) in [6, 6.07) is 15.4. The number of aromatic nitrogens is 2. The third-order valence-corrected chi connectivity index (χ3v) is 8.01. The van der Waals surface area contributed by atoms with Crippen LogP contribution in [0.3, 0.4) is 0 Å². The lowest BCUT2D eigenvalue weighted by Gasteiger charge is -2.35. The summed E-state index contributed by atoms with van der Waals surface area (Å²) >= 11 is 0. The van der Waals surface area contributed by atoms with Crippen molar-refractivity contribution in [3.05, 3.63) is 96.8 Å². The van der Waals surface area contributed by atoms with Crippen molar-refractivity contribution in [3.63, 3.8) is 0 Å². The molecule has 47 heavy (non-hydrogen) atoms. The number of amides is 1. The van der Waals surface area contributed by atoms with Gasteiger partial charge >= 0.3 is 0 Å². The van der Waals surface area contributed by atoms with Gasteiger partial charge in [0.15, 0.2) is 17.4 Å². The number of nitrogens with zero attached hydrogens (tertiary/aromatic N) is 5. The number of anilines is 5. The van der Waals surface area contributed by atoms with E-state index in [4.69, 9.17) is 14.3 Å². The molecule has 2 saturated heterocycles. The molecule has 6 rings (SSSR count). The van der Waals surface area contributed by atoms with Crippen molar-refractivity contribution in [1.29, 1.82) is 0 Å². The minimum atomic E-state index is -0.663. The lowest BCUT2D eigenvalue weighted by Crippen LogP contribution is -2.44. The number of hydrogen-bond donors (Lipinski definition) is 2. The Morgan fingerprint density at radius 1 is 1.02 bits per heavy atom. The first kappa shape index (κ1) is 31.7. The van der Waals surface area contributed by atoms with E-state index in [1.165, 1.54) is 12.4 Å². The Labute approximate surface area is 271 Å². The fraction of sp³-hybridized carbons (Fsp3) is 0.265. The highest BCUT2D eigenvalue weighted by Gasteiger charge is 2.30. The summed E-state index contributed by atoms with van der Waals surface area (Å²) in [6.07, 6.45) is 3.31. The number of hydroxylamine groups is 1. The van der Waals surface area contributed by atoms with Gasteiger partial charge in [0.1, 0.15) is 29.5 Å². The molecule has 3 heterocycles. The molecule has 1 amide bonds. The Morgan fingerprint density at radius 2 is 1.85 bits per heavy atom. The molecule has 0 spiro atoms. The normalized spacial score (nSPS) is 16.6. The zero-order valence-corrected chi connectivity index (χ0v) is 26.1. The van der Waals surface area contributed by atoms with Crippen molar-refractivity contribution < 1.29 is 27.9 Å². The smallest absolute Gasteiger partial charge is 0.247 e. The van der Waals surface area contributed by atoms with E-state index < -0.39 is 11.6 Å². The maximum atomic E-state index is 14.2. The van der Waals surface area contributed by atoms with E-state index in [-0.39, 0.29) is 17.7 Å². The number of benzene rings is 3. The molecule has 2 N–H and O–H groups in total. The number of carbonyl (C=O) groups is 1. The molecule has 0 aliphatic carbocycles. The molecule has 244 valence electrons. The predicted octanol–water partition coefficient (Wildman–Crippen LogP) is 6.06. The fourth-order valence-corrected chi connectivity index (χ4v) is 5.57. The topological polar surface area (TPSA) is 104 Å². The maximum Gasteiger partial charge on any atom is 0.247 e. The van der Waals surface area contributed by atoms with E-state index in [0.29, 0.717) is 47.5 Å². The molecule has 13 heteroatoms. The van der Waals surface area contributed by atoms with Gasteiger partial charge in [0.25, 0.3) is 0 Å². The van der Waals surface area contributed by atoms with Gasteiger partial charge in [0.2, 0.25) is 5.91 Å². The van der Waals surface area contributed by atoms with E-state index in [1.54, 1.807) is 36.4 Å². The van der Waals surface area contributed by atoms with Crippen LogP contribution in [0.1, 0.15) is 18.0 Å². The molecule has 1 aromatic heterocycles. The number of piperazine rings is 1. The molecule has 1 atom stereocenters. The lowest BCUT2D eigenvalue weighted by molar-refractivity contribution is -0.111. The molecule has 0 radical (unpaired) electrons. The van der Waals surface area contributed by atoms with Crippen molar-refractivity contribution in [3.8, 4) is 17.2 Å². The standard InChI is InChI=1S/C34H35F2N7O4/c1-4-34(44)40-26-18-27(31(45-3)19-29(26)42-13-11-41(2)12-14-42)39-32-20-33(38-21-37-32)43-28(10-15-46-43)22-6-5-7-24(16-22)47-30-17-23(35)8-9-25(30)36/h4-9,16-21,28H,1,10-15H2,2-3H3,(H,40,44)(H,37,38,39)/t28-/m1/s1. The summed E-state index contributed by atoms with van der Waals surface area (Å²) in [7, 11) is 3.67. The highest BCUT2D eigenvalue weighted by atomic mass is 19.1. The van der Waals surface area contributed by atoms with Gasteiger partial charge in [0, 0.05) is 50.8 Å². The number of rotatable bonds is 10. The Balaban J connectivity index is 1.25. The second kappa shape index (κ2) is 14.0. The number of nitrogens with one attached hydrogen (secondary N) is 2. The molecular formula is C34H35F2N7O4. The minimum absolute atomic E-state index is 0.201. The van der Waals surface area contributed by atoms with Crippen LogP contribution >= 0.6 is 0 Å². The molecule has 2 aliphatic heterocycles. The van der Waals surface area contributed by atoms with Crippen LogP contribution in [-0.2, 0) is 9.63 Å². The van der Waals surface area contributed by atoms with E-state index in [1.807, 2.05) is 18.2 Å². The van der Waals surface area contributed by atoms with Gasteiger partial charge in [-0.15, -0.1) is 0 Å². The summed E-state index contributed by atoms with van der Waals surface area (Å²) in [6.45, 7) is 7.42. The molecule has 4 aromatic rings.